The van der Waals surface area contributed by atoms with Crippen molar-refractivity contribution in [2.24, 2.45) is 0 Å². The molecular formula is C19H19F2NO5S. The number of carboxylic acid groups (broad SMARTS) is 1. The number of hydrogen-bond acceptors (Lipinski definition) is 4. The molecule has 3 rings (SSSR count). The van der Waals surface area contributed by atoms with Gasteiger partial charge in [-0.25, -0.2) is 22.0 Å². The third-order valence-corrected chi connectivity index (χ3v) is 6.37. The molecule has 1 aliphatic heterocycles. The summed E-state index contributed by atoms with van der Waals surface area (Å²) in [5.41, 5.74) is 0.0364. The molecule has 1 N–H and O–H groups in total. The molecule has 9 heteroatoms. The molecule has 2 aromatic rings. The number of benzene rings is 2. The number of rotatable bonds is 6. The van der Waals surface area contributed by atoms with Gasteiger partial charge in [0.2, 0.25) is 16.1 Å². The van der Waals surface area contributed by atoms with Crippen LogP contribution in [-0.4, -0.2) is 36.9 Å². The van der Waals surface area contributed by atoms with E-state index in [2.05, 4.69) is 0 Å². The van der Waals surface area contributed by atoms with E-state index in [1.807, 2.05) is 0 Å². The number of aliphatic carboxylic acids is 1. The fraction of sp³-hybridized carbons (Fsp3) is 0.316. The molecule has 0 spiro atoms. The Hall–Kier alpha value is -2.52. The van der Waals surface area contributed by atoms with Crippen LogP contribution in [0.4, 0.5) is 8.78 Å². The van der Waals surface area contributed by atoms with Crippen LogP contribution in [0.15, 0.2) is 47.4 Å². The lowest BCUT2D eigenvalue weighted by molar-refractivity contribution is -0.145. The Morgan fingerprint density at radius 2 is 1.79 bits per heavy atom. The molecule has 6 nitrogen and oxygen atoms in total. The second kappa shape index (κ2) is 8.24. The summed E-state index contributed by atoms with van der Waals surface area (Å²) in [6.07, 6.45) is 0.841. The summed E-state index contributed by atoms with van der Waals surface area (Å²) in [7, 11) is -3.77. The largest absolute Gasteiger partial charge is 0.478 e. The highest BCUT2D eigenvalue weighted by Gasteiger charge is 2.29. The van der Waals surface area contributed by atoms with Gasteiger partial charge in [0.05, 0.1) is 4.90 Å². The first-order valence-electron chi connectivity index (χ1n) is 8.73. The summed E-state index contributed by atoms with van der Waals surface area (Å²) in [5.74, 6) is -3.76. The van der Waals surface area contributed by atoms with Gasteiger partial charge in [0.15, 0.2) is 11.6 Å². The molecule has 0 bridgehead atoms. The van der Waals surface area contributed by atoms with Gasteiger partial charge in [0, 0.05) is 24.7 Å². The van der Waals surface area contributed by atoms with Gasteiger partial charge in [-0.15, -0.1) is 0 Å². The summed E-state index contributed by atoms with van der Waals surface area (Å²) in [6, 6.07) is 7.88. The number of carbonyl (C=O) groups is 1. The molecule has 150 valence electrons. The van der Waals surface area contributed by atoms with Crippen molar-refractivity contribution in [2.75, 3.05) is 13.1 Å². The number of piperidine rings is 1. The Bertz CT molecular complexity index is 974. The predicted octanol–water partition coefficient (Wildman–Crippen LogP) is 3.34. The lowest BCUT2D eigenvalue weighted by Crippen LogP contribution is -2.35. The van der Waals surface area contributed by atoms with Gasteiger partial charge in [-0.05, 0) is 37.1 Å². The molecule has 1 unspecified atom stereocenters. The van der Waals surface area contributed by atoms with E-state index in [4.69, 9.17) is 4.74 Å². The zero-order valence-corrected chi connectivity index (χ0v) is 15.7. The molecule has 0 radical (unpaired) electrons. The third-order valence-electron chi connectivity index (χ3n) is 4.48. The van der Waals surface area contributed by atoms with E-state index in [1.165, 1.54) is 28.6 Å². The van der Waals surface area contributed by atoms with Crippen molar-refractivity contribution in [3.63, 3.8) is 0 Å². The van der Waals surface area contributed by atoms with Gasteiger partial charge in [-0.1, -0.05) is 18.6 Å². The highest BCUT2D eigenvalue weighted by atomic mass is 32.2. The van der Waals surface area contributed by atoms with Gasteiger partial charge >= 0.3 is 5.97 Å². The average Bonchev–Trinajstić information content (AvgIpc) is 2.68. The molecule has 0 saturated carbocycles. The molecule has 1 atom stereocenters. The lowest BCUT2D eigenvalue weighted by Gasteiger charge is -2.26. The van der Waals surface area contributed by atoms with E-state index in [0.29, 0.717) is 19.2 Å². The van der Waals surface area contributed by atoms with Crippen LogP contribution >= 0.6 is 0 Å². The first-order chi connectivity index (χ1) is 13.3. The topological polar surface area (TPSA) is 83.9 Å². The average molecular weight is 411 g/mol. The molecule has 0 aliphatic carbocycles. The van der Waals surface area contributed by atoms with Crippen LogP contribution in [-0.2, 0) is 14.8 Å². The van der Waals surface area contributed by atoms with Crippen LogP contribution in [0.3, 0.4) is 0 Å². The van der Waals surface area contributed by atoms with Crippen LogP contribution in [0, 0.1) is 11.6 Å². The van der Waals surface area contributed by atoms with E-state index in [0.717, 1.165) is 31.4 Å². The fourth-order valence-corrected chi connectivity index (χ4v) is 4.62. The minimum atomic E-state index is -3.77. The van der Waals surface area contributed by atoms with Crippen molar-refractivity contribution in [3.05, 3.63) is 59.7 Å². The maximum Gasteiger partial charge on any atom is 0.349 e. The van der Waals surface area contributed by atoms with E-state index in [9.17, 15) is 27.1 Å². The monoisotopic (exact) mass is 411 g/mol. The van der Waals surface area contributed by atoms with Crippen LogP contribution < -0.4 is 4.74 Å². The molecule has 1 aliphatic rings. The Labute approximate surface area is 161 Å². The summed E-state index contributed by atoms with van der Waals surface area (Å²) >= 11 is 0. The van der Waals surface area contributed by atoms with Crippen LogP contribution in [0.25, 0.3) is 0 Å². The smallest absolute Gasteiger partial charge is 0.349 e. The Balaban J connectivity index is 1.92. The summed E-state index contributed by atoms with van der Waals surface area (Å²) < 4.78 is 59.1. The van der Waals surface area contributed by atoms with Crippen LogP contribution in [0.2, 0.25) is 0 Å². The SMILES string of the molecule is O=C(O)C(Oc1ccc(F)cc1F)c1cccc(S(=O)(=O)N2CCCCC2)c1. The van der Waals surface area contributed by atoms with Crippen molar-refractivity contribution in [1.29, 1.82) is 0 Å². The second-order valence-electron chi connectivity index (χ2n) is 6.45. The van der Waals surface area contributed by atoms with Crippen molar-refractivity contribution in [1.82, 2.24) is 4.31 Å². The minimum Gasteiger partial charge on any atom is -0.478 e. The molecule has 0 aromatic heterocycles. The van der Waals surface area contributed by atoms with Crippen LogP contribution in [0.1, 0.15) is 30.9 Å². The molecule has 28 heavy (non-hydrogen) atoms. The van der Waals surface area contributed by atoms with E-state index in [1.54, 1.807) is 0 Å². The number of halogens is 2. The molecule has 1 heterocycles. The summed E-state index contributed by atoms with van der Waals surface area (Å²) in [6.45, 7) is 0.818. The van der Waals surface area contributed by atoms with E-state index >= 15 is 0 Å². The maximum atomic E-state index is 13.8. The lowest BCUT2D eigenvalue weighted by atomic mass is 10.1. The Kier molecular flexibility index (Phi) is 5.95. The standard InChI is InChI=1S/C19H19F2NO5S/c20-14-7-8-17(16(21)12-14)27-18(19(23)24)13-5-4-6-15(11-13)28(25,26)22-9-2-1-3-10-22/h4-8,11-12,18H,1-3,9-10H2,(H,23,24). The van der Waals surface area contributed by atoms with Crippen molar-refractivity contribution in [2.45, 2.75) is 30.3 Å². The quantitative estimate of drug-likeness (QED) is 0.788. The van der Waals surface area contributed by atoms with Gasteiger partial charge in [-0.3, -0.25) is 0 Å². The third kappa shape index (κ3) is 4.31. The number of nitrogens with zero attached hydrogens (tertiary/aromatic N) is 1. The fourth-order valence-electron chi connectivity index (χ4n) is 3.05. The van der Waals surface area contributed by atoms with Gasteiger partial charge in [0.25, 0.3) is 0 Å². The first kappa shape index (κ1) is 20.2. The highest BCUT2D eigenvalue weighted by Crippen LogP contribution is 2.28. The van der Waals surface area contributed by atoms with E-state index in [-0.39, 0.29) is 10.5 Å². The molecule has 1 saturated heterocycles. The van der Waals surface area contributed by atoms with Gasteiger partial charge < -0.3 is 9.84 Å². The molecular weight excluding hydrogens is 392 g/mol. The minimum absolute atomic E-state index is 0.0364. The number of hydrogen-bond donors (Lipinski definition) is 1. The predicted molar refractivity (Wildman–Crippen MR) is 96.4 cm³/mol. The van der Waals surface area contributed by atoms with Gasteiger partial charge in [-0.2, -0.15) is 4.31 Å². The maximum absolute atomic E-state index is 13.8. The summed E-state index contributed by atoms with van der Waals surface area (Å²) in [4.78, 5) is 11.6. The zero-order chi connectivity index (χ0) is 20.3. The normalized spacial score (nSPS) is 16.5. The Morgan fingerprint density at radius 1 is 1.07 bits per heavy atom. The zero-order valence-electron chi connectivity index (χ0n) is 14.8. The van der Waals surface area contributed by atoms with E-state index < -0.39 is 39.5 Å². The molecule has 1 fully saturated rings. The van der Waals surface area contributed by atoms with Gasteiger partial charge in [0.1, 0.15) is 5.82 Å². The molecule has 0 amide bonds. The summed E-state index contributed by atoms with van der Waals surface area (Å²) in [5, 5.41) is 9.49. The molecule has 2 aromatic carbocycles. The number of carboxylic acids is 1. The van der Waals surface area contributed by atoms with Crippen molar-refractivity contribution < 1.29 is 31.8 Å². The van der Waals surface area contributed by atoms with Crippen molar-refractivity contribution >= 4 is 16.0 Å². The number of sulfonamides is 1. The first-order valence-corrected chi connectivity index (χ1v) is 10.2. The highest BCUT2D eigenvalue weighted by molar-refractivity contribution is 7.89. The van der Waals surface area contributed by atoms with Crippen molar-refractivity contribution in [3.8, 4) is 5.75 Å². The second-order valence-corrected chi connectivity index (χ2v) is 8.39. The van der Waals surface area contributed by atoms with Crippen LogP contribution in [0.5, 0.6) is 5.75 Å². The number of ether oxygens (including phenoxy) is 1. The Morgan fingerprint density at radius 3 is 2.43 bits per heavy atom.